The Kier molecular flexibility index (Phi) is 3.44. The lowest BCUT2D eigenvalue weighted by atomic mass is 10.1. The van der Waals surface area contributed by atoms with Crippen molar-refractivity contribution < 1.29 is 9.32 Å². The Morgan fingerprint density at radius 2 is 2.29 bits per heavy atom. The fourth-order valence-corrected chi connectivity index (χ4v) is 3.00. The smallest absolute Gasteiger partial charge is 0.276 e. The largest absolute Gasteiger partial charge is 0.361 e. The first-order chi connectivity index (χ1) is 11.6. The number of amides is 1. The highest BCUT2D eigenvalue weighted by Crippen LogP contribution is 2.21. The summed E-state index contributed by atoms with van der Waals surface area (Å²) < 4.78 is 7.07. The van der Waals surface area contributed by atoms with Gasteiger partial charge in [-0.25, -0.2) is 4.98 Å². The molecule has 4 rings (SSSR count). The Morgan fingerprint density at radius 3 is 3.08 bits per heavy atom. The van der Waals surface area contributed by atoms with Gasteiger partial charge < -0.3 is 14.4 Å². The van der Waals surface area contributed by atoms with E-state index in [-0.39, 0.29) is 5.91 Å². The fourth-order valence-electron chi connectivity index (χ4n) is 3.00. The second kappa shape index (κ2) is 5.63. The van der Waals surface area contributed by atoms with Gasteiger partial charge in [0, 0.05) is 24.7 Å². The summed E-state index contributed by atoms with van der Waals surface area (Å²) >= 11 is 0. The second-order valence-electron chi connectivity index (χ2n) is 6.09. The Balaban J connectivity index is 1.59. The number of hydrogen-bond donors (Lipinski definition) is 1. The molecule has 0 aliphatic carbocycles. The van der Waals surface area contributed by atoms with Crippen molar-refractivity contribution in [3.05, 3.63) is 52.7 Å². The monoisotopic (exact) mass is 326 g/mol. The van der Waals surface area contributed by atoms with Crippen LogP contribution in [0.5, 0.6) is 0 Å². The van der Waals surface area contributed by atoms with Gasteiger partial charge in [0.15, 0.2) is 5.69 Å². The zero-order chi connectivity index (χ0) is 16.7. The molecule has 1 amide bonds. The summed E-state index contributed by atoms with van der Waals surface area (Å²) in [6, 6.07) is 0. The topological polar surface area (TPSA) is 92.8 Å². The highest BCUT2D eigenvalue weighted by atomic mass is 16.5. The summed E-state index contributed by atoms with van der Waals surface area (Å²) in [5.41, 5.74) is 4.23. The second-order valence-corrected chi connectivity index (χ2v) is 6.09. The minimum Gasteiger partial charge on any atom is -0.361 e. The molecule has 8 heteroatoms. The molecule has 0 spiro atoms. The Bertz CT molecular complexity index is 890. The van der Waals surface area contributed by atoms with Crippen molar-refractivity contribution >= 4 is 5.91 Å². The molecular weight excluding hydrogens is 308 g/mol. The van der Waals surface area contributed by atoms with Crippen LogP contribution in [0.4, 0.5) is 0 Å². The van der Waals surface area contributed by atoms with E-state index in [2.05, 4.69) is 20.2 Å². The summed E-state index contributed by atoms with van der Waals surface area (Å²) in [6.45, 7) is 5.40. The zero-order valence-electron chi connectivity index (χ0n) is 13.6. The van der Waals surface area contributed by atoms with E-state index in [1.54, 1.807) is 22.1 Å². The number of H-pyrrole nitrogens is 1. The minimum absolute atomic E-state index is 0.119. The van der Waals surface area contributed by atoms with E-state index in [1.807, 2.05) is 20.0 Å². The molecule has 0 fully saturated rings. The van der Waals surface area contributed by atoms with Gasteiger partial charge in [-0.2, -0.15) is 5.10 Å². The molecule has 24 heavy (non-hydrogen) atoms. The van der Waals surface area contributed by atoms with Crippen LogP contribution in [-0.2, 0) is 19.5 Å². The fraction of sp³-hybridized carbons (Fsp3) is 0.375. The molecule has 1 aliphatic heterocycles. The van der Waals surface area contributed by atoms with Gasteiger partial charge in [0.1, 0.15) is 5.76 Å². The predicted molar refractivity (Wildman–Crippen MR) is 84.3 cm³/mol. The Hall–Kier alpha value is -2.90. The Morgan fingerprint density at radius 1 is 1.42 bits per heavy atom. The van der Waals surface area contributed by atoms with E-state index in [4.69, 9.17) is 4.52 Å². The normalized spacial score (nSPS) is 14.0. The number of nitrogens with one attached hydrogen (secondary N) is 1. The van der Waals surface area contributed by atoms with Crippen LogP contribution >= 0.6 is 0 Å². The molecule has 0 unspecified atom stereocenters. The highest BCUT2D eigenvalue weighted by Gasteiger charge is 2.28. The summed E-state index contributed by atoms with van der Waals surface area (Å²) in [5, 5.41) is 8.28. The molecule has 0 atom stereocenters. The molecule has 3 aromatic heterocycles. The lowest BCUT2D eigenvalue weighted by Gasteiger charge is -2.25. The van der Waals surface area contributed by atoms with Gasteiger partial charge in [0.05, 0.1) is 37.0 Å². The molecular formula is C16H18N6O2. The van der Waals surface area contributed by atoms with Gasteiger partial charge in [0.25, 0.3) is 5.91 Å². The summed E-state index contributed by atoms with van der Waals surface area (Å²) in [7, 11) is 0. The highest BCUT2D eigenvalue weighted by molar-refractivity contribution is 5.94. The maximum atomic E-state index is 12.9. The van der Waals surface area contributed by atoms with Crippen LogP contribution in [0.2, 0.25) is 0 Å². The summed E-state index contributed by atoms with van der Waals surface area (Å²) in [4.78, 5) is 22.0. The van der Waals surface area contributed by atoms with Gasteiger partial charge in [-0.1, -0.05) is 5.16 Å². The van der Waals surface area contributed by atoms with Crippen molar-refractivity contribution in [1.82, 2.24) is 29.8 Å². The van der Waals surface area contributed by atoms with Crippen molar-refractivity contribution in [3.8, 4) is 0 Å². The number of hydrogen-bond acceptors (Lipinski definition) is 5. The first kappa shape index (κ1) is 14.7. The van der Waals surface area contributed by atoms with Gasteiger partial charge in [0.2, 0.25) is 0 Å². The van der Waals surface area contributed by atoms with Crippen LogP contribution in [0.15, 0.2) is 23.2 Å². The molecule has 4 heterocycles. The maximum absolute atomic E-state index is 12.9. The molecule has 8 nitrogen and oxygen atoms in total. The molecule has 124 valence electrons. The van der Waals surface area contributed by atoms with Crippen LogP contribution in [-0.4, -0.2) is 42.3 Å². The number of nitrogens with zero attached hydrogens (tertiary/aromatic N) is 5. The van der Waals surface area contributed by atoms with Gasteiger partial charge >= 0.3 is 0 Å². The van der Waals surface area contributed by atoms with Crippen molar-refractivity contribution in [2.45, 2.75) is 33.4 Å². The average Bonchev–Trinajstić information content (AvgIpc) is 3.28. The zero-order valence-corrected chi connectivity index (χ0v) is 13.6. The van der Waals surface area contributed by atoms with Crippen LogP contribution < -0.4 is 0 Å². The van der Waals surface area contributed by atoms with Crippen LogP contribution in [0, 0.1) is 13.8 Å². The number of fused-ring (bicyclic) bond motifs is 1. The van der Waals surface area contributed by atoms with E-state index in [9.17, 15) is 4.79 Å². The molecule has 1 aliphatic rings. The molecule has 1 N–H and O–H groups in total. The van der Waals surface area contributed by atoms with Crippen LogP contribution in [0.3, 0.4) is 0 Å². The third kappa shape index (κ3) is 2.49. The number of aryl methyl sites for hydroxylation is 2. The minimum atomic E-state index is -0.119. The lowest BCUT2D eigenvalue weighted by Crippen LogP contribution is -2.36. The summed E-state index contributed by atoms with van der Waals surface area (Å²) in [6.07, 6.45) is 6.13. The van der Waals surface area contributed by atoms with Crippen LogP contribution in [0.25, 0.3) is 0 Å². The van der Waals surface area contributed by atoms with Gasteiger partial charge in [-0.3, -0.25) is 9.48 Å². The van der Waals surface area contributed by atoms with Crippen molar-refractivity contribution in [3.63, 3.8) is 0 Å². The number of rotatable bonds is 3. The van der Waals surface area contributed by atoms with Crippen molar-refractivity contribution in [1.29, 1.82) is 0 Å². The molecule has 0 bridgehead atoms. The van der Waals surface area contributed by atoms with Gasteiger partial charge in [-0.05, 0) is 19.4 Å². The molecule has 3 aromatic rings. The number of carbonyl (C=O) groups is 1. The average molecular weight is 326 g/mol. The number of carbonyl (C=O) groups excluding carboxylic acids is 1. The number of aromatic nitrogens is 5. The molecule has 0 saturated carbocycles. The molecule has 0 radical (unpaired) electrons. The number of imidazole rings is 1. The van der Waals surface area contributed by atoms with E-state index in [0.717, 1.165) is 28.9 Å². The predicted octanol–water partition coefficient (Wildman–Crippen LogP) is 1.46. The third-order valence-corrected chi connectivity index (χ3v) is 4.33. The Labute approximate surface area is 138 Å². The van der Waals surface area contributed by atoms with E-state index < -0.39 is 0 Å². The summed E-state index contributed by atoms with van der Waals surface area (Å²) in [5.74, 6) is 0.525. The van der Waals surface area contributed by atoms with E-state index >= 15 is 0 Å². The lowest BCUT2D eigenvalue weighted by molar-refractivity contribution is 0.0720. The molecule has 0 saturated heterocycles. The van der Waals surface area contributed by atoms with Gasteiger partial charge in [-0.15, -0.1) is 0 Å². The van der Waals surface area contributed by atoms with E-state index in [1.165, 1.54) is 0 Å². The first-order valence-electron chi connectivity index (χ1n) is 7.86. The standard InChI is InChI=1S/C16H18N6O2/c1-10-5-19-22(6-10)7-12-11(2)24-20-15(12)16(23)21-4-3-13-14(8-21)18-9-17-13/h5-6,9H,3-4,7-8H2,1-2H3,(H,17,18). The first-order valence-corrected chi connectivity index (χ1v) is 7.86. The van der Waals surface area contributed by atoms with Crippen molar-refractivity contribution in [2.75, 3.05) is 6.54 Å². The quantitative estimate of drug-likeness (QED) is 0.786. The van der Waals surface area contributed by atoms with Crippen LogP contribution in [0.1, 0.15) is 38.8 Å². The third-order valence-electron chi connectivity index (χ3n) is 4.33. The SMILES string of the molecule is Cc1cnn(Cc2c(C(=O)N3CCc4nc[nH]c4C3)noc2C)c1. The molecule has 0 aromatic carbocycles. The maximum Gasteiger partial charge on any atom is 0.276 e. The van der Waals surface area contributed by atoms with Crippen molar-refractivity contribution in [2.24, 2.45) is 0 Å². The number of aromatic amines is 1. The van der Waals surface area contributed by atoms with E-state index in [0.29, 0.717) is 31.1 Å².